The Bertz CT molecular complexity index is 769. The molecule has 0 saturated heterocycles. The van der Waals surface area contributed by atoms with Crippen LogP contribution in [0.4, 0.5) is 4.79 Å². The van der Waals surface area contributed by atoms with Gasteiger partial charge in [-0.05, 0) is 39.2 Å². The minimum atomic E-state index is -0.878. The second-order valence-corrected chi connectivity index (χ2v) is 8.18. The van der Waals surface area contributed by atoms with Crippen molar-refractivity contribution in [3.8, 4) is 0 Å². The number of carbonyl (C=O) groups excluding carboxylic acids is 4. The van der Waals surface area contributed by atoms with Crippen LogP contribution in [0, 0.1) is 5.92 Å². The molecule has 0 fully saturated rings. The predicted octanol–water partition coefficient (Wildman–Crippen LogP) is 0.976. The molecule has 1 rings (SSSR count). The number of benzene rings is 1. The third kappa shape index (κ3) is 9.78. The van der Waals surface area contributed by atoms with E-state index >= 15 is 0 Å². The molecule has 1 aromatic carbocycles. The Morgan fingerprint density at radius 3 is 1.94 bits per heavy atom. The van der Waals surface area contributed by atoms with E-state index in [0.717, 1.165) is 5.56 Å². The molecule has 0 unspecified atom stereocenters. The van der Waals surface area contributed by atoms with E-state index in [0.29, 0.717) is 0 Å². The zero-order valence-electron chi connectivity index (χ0n) is 19.5. The lowest BCUT2D eigenvalue weighted by Gasteiger charge is -2.23. The van der Waals surface area contributed by atoms with Gasteiger partial charge in [0.05, 0.1) is 0 Å². The van der Waals surface area contributed by atoms with Crippen LogP contribution < -0.4 is 26.8 Å². The van der Waals surface area contributed by atoms with E-state index in [1.54, 1.807) is 20.8 Å². The molecule has 1 aromatic rings. The van der Waals surface area contributed by atoms with Gasteiger partial charge in [0.1, 0.15) is 24.7 Å². The Morgan fingerprint density at radius 2 is 1.38 bits per heavy atom. The van der Waals surface area contributed by atoms with E-state index < -0.39 is 36.0 Å². The highest BCUT2D eigenvalue weighted by Crippen LogP contribution is 2.04. The van der Waals surface area contributed by atoms with Gasteiger partial charge in [-0.3, -0.25) is 19.8 Å². The topological polar surface area (TPSA) is 138 Å². The van der Waals surface area contributed by atoms with E-state index in [9.17, 15) is 19.2 Å². The van der Waals surface area contributed by atoms with Crippen molar-refractivity contribution in [2.24, 2.45) is 5.92 Å². The number of ether oxygens (including phenoxy) is 1. The molecular formula is C22H35N5O5. The molecule has 178 valence electrons. The molecule has 0 bridgehead atoms. The van der Waals surface area contributed by atoms with Crippen LogP contribution in [0.15, 0.2) is 30.3 Å². The van der Waals surface area contributed by atoms with E-state index in [4.69, 9.17) is 4.74 Å². The number of hydrazine groups is 1. The van der Waals surface area contributed by atoms with Gasteiger partial charge in [-0.25, -0.2) is 10.2 Å². The number of rotatable bonds is 11. The van der Waals surface area contributed by atoms with Crippen LogP contribution in [0.25, 0.3) is 0 Å². The molecule has 0 aliphatic rings. The summed E-state index contributed by atoms with van der Waals surface area (Å²) >= 11 is 0. The summed E-state index contributed by atoms with van der Waals surface area (Å²) < 4.78 is 5.16. The molecule has 4 amide bonds. The summed E-state index contributed by atoms with van der Waals surface area (Å²) in [5.41, 5.74) is 5.86. The van der Waals surface area contributed by atoms with Gasteiger partial charge in [-0.2, -0.15) is 0 Å². The third-order valence-corrected chi connectivity index (χ3v) is 4.42. The van der Waals surface area contributed by atoms with Crippen LogP contribution >= 0.6 is 0 Å². The normalized spacial score (nSPS) is 13.6. The van der Waals surface area contributed by atoms with Gasteiger partial charge >= 0.3 is 6.09 Å². The van der Waals surface area contributed by atoms with Crippen LogP contribution in [0.5, 0.6) is 0 Å². The SMILES string of the molecule is CC(C)NC(=O)[C@H](C)NC(=O)[C@H](C)NNC(=O)[C@@H](NC(=O)OCc1ccccc1)C(C)C. The first kappa shape index (κ1) is 26.9. The van der Waals surface area contributed by atoms with Gasteiger partial charge < -0.3 is 20.7 Å². The van der Waals surface area contributed by atoms with Crippen LogP contribution in [-0.2, 0) is 25.7 Å². The van der Waals surface area contributed by atoms with Crippen molar-refractivity contribution < 1.29 is 23.9 Å². The maximum absolute atomic E-state index is 12.5. The van der Waals surface area contributed by atoms with Crippen molar-refractivity contribution in [3.63, 3.8) is 0 Å². The Hall–Kier alpha value is -3.14. The molecule has 32 heavy (non-hydrogen) atoms. The Kier molecular flexibility index (Phi) is 11.2. The average Bonchev–Trinajstić information content (AvgIpc) is 2.73. The lowest BCUT2D eigenvalue weighted by Crippen LogP contribution is -2.58. The van der Waals surface area contributed by atoms with Crippen LogP contribution in [0.3, 0.4) is 0 Å². The highest BCUT2D eigenvalue weighted by atomic mass is 16.5. The molecule has 0 saturated carbocycles. The summed E-state index contributed by atoms with van der Waals surface area (Å²) in [5, 5.41) is 7.82. The minimum Gasteiger partial charge on any atom is -0.445 e. The molecular weight excluding hydrogens is 414 g/mol. The zero-order valence-corrected chi connectivity index (χ0v) is 19.5. The minimum absolute atomic E-state index is 0.0449. The molecule has 0 heterocycles. The smallest absolute Gasteiger partial charge is 0.408 e. The molecule has 3 atom stereocenters. The maximum atomic E-state index is 12.5. The summed E-state index contributed by atoms with van der Waals surface area (Å²) in [6.45, 7) is 10.4. The first-order valence-corrected chi connectivity index (χ1v) is 10.6. The quantitative estimate of drug-likeness (QED) is 0.319. The molecule has 0 aliphatic heterocycles. The summed E-state index contributed by atoms with van der Waals surface area (Å²) in [6.07, 6.45) is -0.724. The van der Waals surface area contributed by atoms with Gasteiger partial charge in [0.25, 0.3) is 5.91 Å². The monoisotopic (exact) mass is 449 g/mol. The van der Waals surface area contributed by atoms with Crippen molar-refractivity contribution in [3.05, 3.63) is 35.9 Å². The third-order valence-electron chi connectivity index (χ3n) is 4.42. The highest BCUT2D eigenvalue weighted by Gasteiger charge is 2.26. The van der Waals surface area contributed by atoms with E-state index in [2.05, 4.69) is 26.8 Å². The first-order valence-electron chi connectivity index (χ1n) is 10.6. The summed E-state index contributed by atoms with van der Waals surface area (Å²) in [6, 6.07) is 6.71. The number of alkyl carbamates (subject to hydrolysis) is 1. The molecule has 0 aliphatic carbocycles. The fourth-order valence-electron chi connectivity index (χ4n) is 2.56. The van der Waals surface area contributed by atoms with Gasteiger partial charge in [0, 0.05) is 6.04 Å². The van der Waals surface area contributed by atoms with Gasteiger partial charge in [-0.1, -0.05) is 44.2 Å². The van der Waals surface area contributed by atoms with Crippen LogP contribution in [-0.4, -0.2) is 48.0 Å². The van der Waals surface area contributed by atoms with Crippen molar-refractivity contribution in [1.82, 2.24) is 26.8 Å². The number of nitrogens with one attached hydrogen (secondary N) is 5. The molecule has 0 radical (unpaired) electrons. The van der Waals surface area contributed by atoms with Gasteiger partial charge in [0.15, 0.2) is 0 Å². The van der Waals surface area contributed by atoms with Crippen molar-refractivity contribution in [2.45, 2.75) is 72.3 Å². The largest absolute Gasteiger partial charge is 0.445 e. The number of hydrogen-bond donors (Lipinski definition) is 5. The molecule has 0 spiro atoms. The first-order chi connectivity index (χ1) is 15.0. The predicted molar refractivity (Wildman–Crippen MR) is 120 cm³/mol. The molecule has 0 aromatic heterocycles. The summed E-state index contributed by atoms with van der Waals surface area (Å²) in [7, 11) is 0. The Labute approximate surface area is 189 Å². The number of hydrogen-bond acceptors (Lipinski definition) is 6. The Balaban J connectivity index is 2.51. The fourth-order valence-corrected chi connectivity index (χ4v) is 2.56. The average molecular weight is 450 g/mol. The number of amides is 4. The van der Waals surface area contributed by atoms with E-state index in [1.807, 2.05) is 44.2 Å². The van der Waals surface area contributed by atoms with Crippen LogP contribution in [0.2, 0.25) is 0 Å². The highest BCUT2D eigenvalue weighted by molar-refractivity contribution is 5.90. The van der Waals surface area contributed by atoms with Crippen LogP contribution in [0.1, 0.15) is 47.1 Å². The second-order valence-electron chi connectivity index (χ2n) is 8.18. The van der Waals surface area contributed by atoms with Crippen molar-refractivity contribution in [2.75, 3.05) is 0 Å². The van der Waals surface area contributed by atoms with E-state index in [-0.39, 0.29) is 24.5 Å². The van der Waals surface area contributed by atoms with Gasteiger partial charge in [-0.15, -0.1) is 0 Å². The van der Waals surface area contributed by atoms with Crippen molar-refractivity contribution >= 4 is 23.8 Å². The molecule has 10 nitrogen and oxygen atoms in total. The number of carbonyl (C=O) groups is 4. The fraction of sp³-hybridized carbons (Fsp3) is 0.545. The lowest BCUT2D eigenvalue weighted by atomic mass is 10.0. The van der Waals surface area contributed by atoms with Gasteiger partial charge in [0.2, 0.25) is 11.8 Å². The lowest BCUT2D eigenvalue weighted by molar-refractivity contribution is -0.130. The summed E-state index contributed by atoms with van der Waals surface area (Å²) in [5.74, 6) is -1.53. The van der Waals surface area contributed by atoms with E-state index in [1.165, 1.54) is 6.92 Å². The molecule has 5 N–H and O–H groups in total. The zero-order chi connectivity index (χ0) is 24.3. The second kappa shape index (κ2) is 13.3. The van der Waals surface area contributed by atoms with Crippen molar-refractivity contribution in [1.29, 1.82) is 0 Å². The molecule has 10 heteroatoms. The standard InChI is InChI=1S/C22H35N5O5/c1-13(2)18(25-22(31)32-12-17-10-8-7-9-11-17)21(30)27-26-16(6)20(29)24-15(5)19(28)23-14(3)4/h7-11,13-16,18,26H,12H2,1-6H3,(H,23,28)(H,24,29)(H,25,31)(H,27,30)/t15-,16-,18-/m0/s1. The Morgan fingerprint density at radius 1 is 0.781 bits per heavy atom. The summed E-state index contributed by atoms with van der Waals surface area (Å²) in [4.78, 5) is 48.8. The maximum Gasteiger partial charge on any atom is 0.408 e.